The number of aromatic nitrogens is 1. The van der Waals surface area contributed by atoms with Gasteiger partial charge in [-0.25, -0.2) is 4.79 Å². The van der Waals surface area contributed by atoms with Crippen LogP contribution < -0.4 is 20.3 Å². The minimum absolute atomic E-state index is 0.177. The lowest BCUT2D eigenvalue weighted by Crippen LogP contribution is -2.36. The van der Waals surface area contributed by atoms with Gasteiger partial charge in [-0.15, -0.1) is 0 Å². The summed E-state index contributed by atoms with van der Waals surface area (Å²) in [5.41, 5.74) is 1.10. The van der Waals surface area contributed by atoms with Crippen LogP contribution in [-0.4, -0.2) is 50.8 Å². The van der Waals surface area contributed by atoms with Crippen LogP contribution in [0.4, 0.5) is 4.79 Å². The summed E-state index contributed by atoms with van der Waals surface area (Å²) in [4.78, 5) is 27.9. The van der Waals surface area contributed by atoms with E-state index < -0.39 is 0 Å². The van der Waals surface area contributed by atoms with Gasteiger partial charge >= 0.3 is 6.03 Å². The average molecular weight is 319 g/mol. The molecule has 0 aliphatic heterocycles. The van der Waals surface area contributed by atoms with Crippen molar-refractivity contribution in [1.29, 1.82) is 0 Å². The smallest absolute Gasteiger partial charge is 0.316 e. The second-order valence-corrected chi connectivity index (χ2v) is 5.29. The summed E-state index contributed by atoms with van der Waals surface area (Å²) in [6.45, 7) is 0.388. The van der Waals surface area contributed by atoms with Crippen LogP contribution in [-0.2, 0) is 6.42 Å². The van der Waals surface area contributed by atoms with Gasteiger partial charge < -0.3 is 24.7 Å². The number of hydrogen-bond acceptors (Lipinski definition) is 4. The maximum Gasteiger partial charge on any atom is 0.316 e. The van der Waals surface area contributed by atoms with Crippen molar-refractivity contribution in [3.8, 4) is 11.5 Å². The van der Waals surface area contributed by atoms with E-state index in [1.165, 1.54) is 4.90 Å². The van der Waals surface area contributed by atoms with Crippen molar-refractivity contribution >= 4 is 16.9 Å². The van der Waals surface area contributed by atoms with Crippen molar-refractivity contribution in [3.05, 3.63) is 34.1 Å². The predicted molar refractivity (Wildman–Crippen MR) is 88.5 cm³/mol. The summed E-state index contributed by atoms with van der Waals surface area (Å²) >= 11 is 0. The van der Waals surface area contributed by atoms with Gasteiger partial charge in [0.1, 0.15) is 0 Å². The van der Waals surface area contributed by atoms with Gasteiger partial charge in [0, 0.05) is 37.7 Å². The van der Waals surface area contributed by atoms with E-state index in [0.29, 0.717) is 35.5 Å². The first kappa shape index (κ1) is 16.7. The van der Waals surface area contributed by atoms with E-state index in [-0.39, 0.29) is 11.6 Å². The van der Waals surface area contributed by atoms with Gasteiger partial charge in [0.25, 0.3) is 5.56 Å². The summed E-state index contributed by atoms with van der Waals surface area (Å²) in [6, 6.07) is 5.16. The quantitative estimate of drug-likeness (QED) is 0.871. The summed E-state index contributed by atoms with van der Waals surface area (Å²) in [5.74, 6) is 1.15. The first-order chi connectivity index (χ1) is 11.0. The molecule has 0 unspecified atom stereocenters. The number of urea groups is 1. The van der Waals surface area contributed by atoms with Gasteiger partial charge in [0.05, 0.1) is 19.7 Å². The normalized spacial score (nSPS) is 10.4. The molecule has 2 N–H and O–H groups in total. The number of pyridine rings is 1. The lowest BCUT2D eigenvalue weighted by atomic mass is 10.1. The van der Waals surface area contributed by atoms with Crippen LogP contribution in [0.5, 0.6) is 11.5 Å². The van der Waals surface area contributed by atoms with Crippen LogP contribution in [0.1, 0.15) is 5.56 Å². The first-order valence-electron chi connectivity index (χ1n) is 7.19. The van der Waals surface area contributed by atoms with Gasteiger partial charge in [0.15, 0.2) is 11.5 Å². The fourth-order valence-electron chi connectivity index (χ4n) is 2.23. The fourth-order valence-corrected chi connectivity index (χ4v) is 2.23. The average Bonchev–Trinajstić information content (AvgIpc) is 2.53. The van der Waals surface area contributed by atoms with Crippen LogP contribution in [0.15, 0.2) is 23.0 Å². The van der Waals surface area contributed by atoms with Crippen LogP contribution >= 0.6 is 0 Å². The molecule has 124 valence electrons. The third-order valence-corrected chi connectivity index (χ3v) is 3.50. The number of ether oxygens (including phenoxy) is 2. The molecular formula is C16H21N3O4. The zero-order valence-electron chi connectivity index (χ0n) is 13.7. The second kappa shape index (κ2) is 7.04. The zero-order chi connectivity index (χ0) is 17.0. The third-order valence-electron chi connectivity index (χ3n) is 3.50. The number of carbonyl (C=O) groups excluding carboxylic acids is 1. The molecule has 7 heteroatoms. The Bertz CT molecular complexity index is 768. The molecule has 2 aromatic rings. The largest absolute Gasteiger partial charge is 0.493 e. The first-order valence-corrected chi connectivity index (χ1v) is 7.19. The lowest BCUT2D eigenvalue weighted by Gasteiger charge is -2.12. The van der Waals surface area contributed by atoms with Crippen molar-refractivity contribution in [2.45, 2.75) is 6.42 Å². The number of benzene rings is 1. The number of rotatable bonds is 5. The molecule has 2 rings (SSSR count). The Balaban J connectivity index is 2.26. The monoisotopic (exact) mass is 319 g/mol. The minimum atomic E-state index is -0.186. The molecule has 23 heavy (non-hydrogen) atoms. The van der Waals surface area contributed by atoms with E-state index in [4.69, 9.17) is 9.47 Å². The number of H-pyrrole nitrogens is 1. The number of carbonyl (C=O) groups is 1. The highest BCUT2D eigenvalue weighted by molar-refractivity contribution is 5.83. The van der Waals surface area contributed by atoms with Crippen molar-refractivity contribution in [2.24, 2.45) is 0 Å². The third kappa shape index (κ3) is 3.74. The van der Waals surface area contributed by atoms with Crippen LogP contribution in [0.2, 0.25) is 0 Å². The number of methoxy groups -OCH3 is 2. The molecule has 1 heterocycles. The second-order valence-electron chi connectivity index (χ2n) is 5.29. The molecule has 1 aromatic heterocycles. The molecule has 0 radical (unpaired) electrons. The highest BCUT2D eigenvalue weighted by atomic mass is 16.5. The highest BCUT2D eigenvalue weighted by Crippen LogP contribution is 2.30. The van der Waals surface area contributed by atoms with Crippen LogP contribution in [0.25, 0.3) is 10.9 Å². The molecule has 0 atom stereocenters. The molecule has 0 saturated carbocycles. The molecule has 0 saturated heterocycles. The maximum absolute atomic E-state index is 12.1. The van der Waals surface area contributed by atoms with Crippen LogP contribution in [0.3, 0.4) is 0 Å². The Morgan fingerprint density at radius 3 is 2.43 bits per heavy atom. The molecule has 0 bridgehead atoms. The number of amides is 2. The number of aromatic amines is 1. The number of nitrogens with one attached hydrogen (secondary N) is 2. The number of nitrogens with zero attached hydrogens (tertiary/aromatic N) is 1. The molecule has 2 amide bonds. The molecule has 7 nitrogen and oxygen atoms in total. The van der Waals surface area contributed by atoms with Crippen molar-refractivity contribution < 1.29 is 14.3 Å². The number of fused-ring (bicyclic) bond motifs is 1. The lowest BCUT2D eigenvalue weighted by molar-refractivity contribution is 0.217. The molecule has 0 spiro atoms. The van der Waals surface area contributed by atoms with Gasteiger partial charge in [-0.2, -0.15) is 0 Å². The van der Waals surface area contributed by atoms with Gasteiger partial charge in [-0.3, -0.25) is 4.79 Å². The van der Waals surface area contributed by atoms with E-state index in [1.54, 1.807) is 40.4 Å². The summed E-state index contributed by atoms with van der Waals surface area (Å²) in [5, 5.41) is 3.58. The SMILES string of the molecule is COc1cc2cc(CCNC(=O)N(C)C)c(=O)[nH]c2cc1OC. The van der Waals surface area contributed by atoms with Crippen molar-refractivity contribution in [1.82, 2.24) is 15.2 Å². The van der Waals surface area contributed by atoms with Crippen molar-refractivity contribution in [2.75, 3.05) is 34.9 Å². The molecule has 0 aliphatic rings. The summed E-state index contributed by atoms with van der Waals surface area (Å²) in [6.07, 6.45) is 0.444. The Kier molecular flexibility index (Phi) is 5.10. The molecule has 0 aliphatic carbocycles. The van der Waals surface area contributed by atoms with E-state index >= 15 is 0 Å². The Morgan fingerprint density at radius 1 is 1.17 bits per heavy atom. The Labute approximate surface area is 134 Å². The van der Waals surface area contributed by atoms with Gasteiger partial charge in [-0.05, 0) is 18.6 Å². The molecular weight excluding hydrogens is 298 g/mol. The summed E-state index contributed by atoms with van der Waals surface area (Å²) in [7, 11) is 6.44. The van der Waals surface area contributed by atoms with Gasteiger partial charge in [0.2, 0.25) is 0 Å². The van der Waals surface area contributed by atoms with E-state index in [2.05, 4.69) is 10.3 Å². The molecule has 1 aromatic carbocycles. The van der Waals surface area contributed by atoms with Crippen LogP contribution in [0, 0.1) is 0 Å². The van der Waals surface area contributed by atoms with E-state index in [0.717, 1.165) is 5.39 Å². The van der Waals surface area contributed by atoms with Crippen molar-refractivity contribution in [3.63, 3.8) is 0 Å². The highest BCUT2D eigenvalue weighted by Gasteiger charge is 2.10. The Morgan fingerprint density at radius 2 is 1.83 bits per heavy atom. The topological polar surface area (TPSA) is 83.7 Å². The predicted octanol–water partition coefficient (Wildman–Crippen LogP) is 1.36. The fraction of sp³-hybridized carbons (Fsp3) is 0.375. The van der Waals surface area contributed by atoms with Gasteiger partial charge in [-0.1, -0.05) is 0 Å². The van der Waals surface area contributed by atoms with E-state index in [9.17, 15) is 9.59 Å². The summed E-state index contributed by atoms with van der Waals surface area (Å²) < 4.78 is 10.5. The minimum Gasteiger partial charge on any atom is -0.493 e. The molecule has 0 fully saturated rings. The Hall–Kier alpha value is -2.70. The maximum atomic E-state index is 12.1. The zero-order valence-corrected chi connectivity index (χ0v) is 13.7. The standard InChI is InChI=1S/C16H21N3O4/c1-19(2)16(21)17-6-5-10-7-11-8-13(22-3)14(23-4)9-12(11)18-15(10)20/h7-9H,5-6H2,1-4H3,(H,17,21)(H,18,20). The number of hydrogen-bond donors (Lipinski definition) is 2. The van der Waals surface area contributed by atoms with E-state index in [1.807, 2.05) is 6.07 Å².